The van der Waals surface area contributed by atoms with Crippen LogP contribution < -0.4 is 5.32 Å². The maximum absolute atomic E-state index is 10.4. The van der Waals surface area contributed by atoms with E-state index in [1.54, 1.807) is 0 Å². The van der Waals surface area contributed by atoms with Gasteiger partial charge < -0.3 is 10.4 Å². The summed E-state index contributed by atoms with van der Waals surface area (Å²) >= 11 is 0. The first-order chi connectivity index (χ1) is 11.2. The molecule has 2 aliphatic carbocycles. The average Bonchev–Trinajstić information content (AvgIpc) is 2.57. The van der Waals surface area contributed by atoms with E-state index >= 15 is 0 Å². The first kappa shape index (κ1) is 17.7. The number of hydrogen-bond acceptors (Lipinski definition) is 3. The highest BCUT2D eigenvalue weighted by molar-refractivity contribution is 4.93. The molecule has 0 aromatic heterocycles. The van der Waals surface area contributed by atoms with Gasteiger partial charge in [-0.2, -0.15) is 0 Å². The van der Waals surface area contributed by atoms with Crippen molar-refractivity contribution in [1.82, 2.24) is 10.2 Å². The summed E-state index contributed by atoms with van der Waals surface area (Å²) in [4.78, 5) is 2.70. The van der Waals surface area contributed by atoms with Crippen molar-refractivity contribution < 1.29 is 5.11 Å². The molecule has 2 saturated carbocycles. The van der Waals surface area contributed by atoms with Crippen molar-refractivity contribution in [2.75, 3.05) is 19.6 Å². The Kier molecular flexibility index (Phi) is 6.39. The molecule has 3 unspecified atom stereocenters. The zero-order valence-electron chi connectivity index (χ0n) is 15.3. The Hall–Kier alpha value is -0.120. The van der Waals surface area contributed by atoms with E-state index in [1.807, 2.05) is 0 Å². The maximum atomic E-state index is 10.4. The van der Waals surface area contributed by atoms with Gasteiger partial charge >= 0.3 is 0 Å². The first-order valence-electron chi connectivity index (χ1n) is 10.3. The van der Waals surface area contributed by atoms with Gasteiger partial charge in [-0.15, -0.1) is 0 Å². The summed E-state index contributed by atoms with van der Waals surface area (Å²) in [5.74, 6) is 2.27. The predicted molar refractivity (Wildman–Crippen MR) is 96.5 cm³/mol. The third-order valence-corrected chi connectivity index (χ3v) is 6.76. The van der Waals surface area contributed by atoms with Crippen LogP contribution in [0.5, 0.6) is 0 Å². The van der Waals surface area contributed by atoms with E-state index < -0.39 is 0 Å². The van der Waals surface area contributed by atoms with Crippen LogP contribution in [0.4, 0.5) is 0 Å². The Morgan fingerprint density at radius 1 is 1.09 bits per heavy atom. The van der Waals surface area contributed by atoms with Crippen molar-refractivity contribution in [3.63, 3.8) is 0 Å². The number of rotatable bonds is 6. The van der Waals surface area contributed by atoms with Crippen molar-refractivity contribution in [3.05, 3.63) is 0 Å². The smallest absolute Gasteiger partial charge is 0.0578 e. The Balaban J connectivity index is 1.52. The largest absolute Gasteiger partial charge is 0.393 e. The minimum Gasteiger partial charge on any atom is -0.393 e. The van der Waals surface area contributed by atoms with Gasteiger partial charge in [-0.05, 0) is 62.8 Å². The van der Waals surface area contributed by atoms with Gasteiger partial charge in [-0.25, -0.2) is 0 Å². The number of nitrogens with zero attached hydrogens (tertiary/aromatic N) is 1. The molecule has 3 aliphatic rings. The van der Waals surface area contributed by atoms with Crippen LogP contribution in [0.15, 0.2) is 0 Å². The number of likely N-dealkylation sites (tertiary alicyclic amines) is 1. The third kappa shape index (κ3) is 4.70. The first-order valence-corrected chi connectivity index (χ1v) is 10.3. The minimum atomic E-state index is -0.116. The molecule has 3 heteroatoms. The molecule has 3 atom stereocenters. The topological polar surface area (TPSA) is 35.5 Å². The lowest BCUT2D eigenvalue weighted by Crippen LogP contribution is -2.57. The molecular weight excluding hydrogens is 284 g/mol. The molecular formula is C20H38N2O. The number of aliphatic hydroxyl groups is 1. The fourth-order valence-corrected chi connectivity index (χ4v) is 5.11. The molecule has 0 bridgehead atoms. The van der Waals surface area contributed by atoms with Gasteiger partial charge in [0.05, 0.1) is 6.10 Å². The molecule has 0 spiro atoms. The van der Waals surface area contributed by atoms with Crippen molar-refractivity contribution in [3.8, 4) is 0 Å². The van der Waals surface area contributed by atoms with Crippen LogP contribution in [0.2, 0.25) is 0 Å². The molecule has 2 N–H and O–H groups in total. The summed E-state index contributed by atoms with van der Waals surface area (Å²) in [7, 11) is 0. The highest BCUT2D eigenvalue weighted by Gasteiger charge is 2.38. The molecule has 1 aliphatic heterocycles. The van der Waals surface area contributed by atoms with Gasteiger partial charge in [0, 0.05) is 25.2 Å². The second kappa shape index (κ2) is 8.31. The number of hydrogen-bond donors (Lipinski definition) is 2. The van der Waals surface area contributed by atoms with Crippen LogP contribution >= 0.6 is 0 Å². The molecule has 0 amide bonds. The highest BCUT2D eigenvalue weighted by Crippen LogP contribution is 2.35. The molecule has 1 saturated heterocycles. The van der Waals surface area contributed by atoms with Crippen LogP contribution in [0.1, 0.15) is 71.6 Å². The summed E-state index contributed by atoms with van der Waals surface area (Å²) in [6, 6.07) is 1.38. The van der Waals surface area contributed by atoms with E-state index in [1.165, 1.54) is 64.5 Å². The molecule has 0 aromatic rings. The van der Waals surface area contributed by atoms with Crippen molar-refractivity contribution in [2.45, 2.75) is 89.8 Å². The fourth-order valence-electron chi connectivity index (χ4n) is 5.11. The van der Waals surface area contributed by atoms with E-state index in [9.17, 15) is 5.11 Å². The van der Waals surface area contributed by atoms with Crippen molar-refractivity contribution in [2.24, 2.45) is 17.8 Å². The lowest BCUT2D eigenvalue weighted by atomic mass is 9.78. The minimum absolute atomic E-state index is 0.116. The lowest BCUT2D eigenvalue weighted by Gasteiger charge is -2.48. The fraction of sp³-hybridized carbons (Fsp3) is 1.00. The second-order valence-electron chi connectivity index (χ2n) is 8.76. The molecule has 0 aromatic carbocycles. The Morgan fingerprint density at radius 2 is 1.83 bits per heavy atom. The number of aliphatic hydroxyl groups excluding tert-OH is 1. The van der Waals surface area contributed by atoms with Gasteiger partial charge in [-0.1, -0.05) is 33.1 Å². The van der Waals surface area contributed by atoms with E-state index in [0.29, 0.717) is 12.0 Å². The molecule has 0 radical (unpaired) electrons. The van der Waals surface area contributed by atoms with Gasteiger partial charge in [0.2, 0.25) is 0 Å². The molecule has 3 rings (SSSR count). The standard InChI is InChI=1S/C20H38N2O/c1-3-20(23)17-11-18(21-12-16-7-5-4-6-8-16)14-22(13-17)19-9-15(2)10-19/h15-21,23H,3-14H2,1-2H3. The molecule has 23 heavy (non-hydrogen) atoms. The van der Waals surface area contributed by atoms with E-state index in [0.717, 1.165) is 30.8 Å². The molecule has 134 valence electrons. The molecule has 3 nitrogen and oxygen atoms in total. The number of nitrogens with one attached hydrogen (secondary N) is 1. The zero-order chi connectivity index (χ0) is 16.2. The predicted octanol–water partition coefficient (Wildman–Crippen LogP) is 3.42. The van der Waals surface area contributed by atoms with Gasteiger partial charge in [-0.3, -0.25) is 4.90 Å². The summed E-state index contributed by atoms with van der Waals surface area (Å²) in [6.07, 6.45) is 11.8. The quantitative estimate of drug-likeness (QED) is 0.786. The second-order valence-corrected chi connectivity index (χ2v) is 8.76. The number of piperidine rings is 1. The zero-order valence-corrected chi connectivity index (χ0v) is 15.3. The SMILES string of the molecule is CCC(O)C1CC(NCC2CCCCC2)CN(C2CC(C)C2)C1. The van der Waals surface area contributed by atoms with Crippen LogP contribution in [0, 0.1) is 17.8 Å². The van der Waals surface area contributed by atoms with E-state index in [4.69, 9.17) is 0 Å². The Morgan fingerprint density at radius 3 is 2.48 bits per heavy atom. The van der Waals surface area contributed by atoms with Gasteiger partial charge in [0.1, 0.15) is 0 Å². The highest BCUT2D eigenvalue weighted by atomic mass is 16.3. The van der Waals surface area contributed by atoms with Crippen LogP contribution in [-0.4, -0.2) is 47.8 Å². The summed E-state index contributed by atoms with van der Waals surface area (Å²) in [5.41, 5.74) is 0. The van der Waals surface area contributed by atoms with Gasteiger partial charge in [0.15, 0.2) is 0 Å². The maximum Gasteiger partial charge on any atom is 0.0578 e. The normalized spacial score (nSPS) is 38.2. The third-order valence-electron chi connectivity index (χ3n) is 6.76. The Labute approximate surface area is 143 Å². The summed E-state index contributed by atoms with van der Waals surface area (Å²) in [6.45, 7) is 8.02. The van der Waals surface area contributed by atoms with Crippen molar-refractivity contribution in [1.29, 1.82) is 0 Å². The van der Waals surface area contributed by atoms with Crippen molar-refractivity contribution >= 4 is 0 Å². The van der Waals surface area contributed by atoms with Crippen LogP contribution in [0.3, 0.4) is 0 Å². The van der Waals surface area contributed by atoms with Crippen LogP contribution in [-0.2, 0) is 0 Å². The lowest BCUT2D eigenvalue weighted by molar-refractivity contribution is -0.00987. The summed E-state index contributed by atoms with van der Waals surface area (Å²) in [5, 5.41) is 14.3. The molecule has 1 heterocycles. The monoisotopic (exact) mass is 322 g/mol. The van der Waals surface area contributed by atoms with Crippen LogP contribution in [0.25, 0.3) is 0 Å². The van der Waals surface area contributed by atoms with E-state index in [2.05, 4.69) is 24.1 Å². The summed E-state index contributed by atoms with van der Waals surface area (Å²) < 4.78 is 0. The van der Waals surface area contributed by atoms with Gasteiger partial charge in [0.25, 0.3) is 0 Å². The Bertz CT molecular complexity index is 350. The average molecular weight is 323 g/mol. The molecule has 3 fully saturated rings. The van der Waals surface area contributed by atoms with E-state index in [-0.39, 0.29) is 6.10 Å².